The molecule has 0 aromatic heterocycles. The van der Waals surface area contributed by atoms with E-state index in [0.717, 1.165) is 0 Å². The topological polar surface area (TPSA) is 80.9 Å². The maximum Gasteiger partial charge on any atom is 0.158 e. The molecule has 0 amide bonds. The van der Waals surface area contributed by atoms with Crippen molar-refractivity contribution in [3.05, 3.63) is 12.0 Å². The molecular formula is C5H10O4. The van der Waals surface area contributed by atoms with E-state index >= 15 is 0 Å². The van der Waals surface area contributed by atoms with Crippen LogP contribution in [0.3, 0.4) is 0 Å². The van der Waals surface area contributed by atoms with E-state index in [-0.39, 0.29) is 0 Å². The molecule has 54 valence electrons. The molecule has 9 heavy (non-hydrogen) atoms. The maximum atomic E-state index is 8.67. The average molecular weight is 134 g/mol. The monoisotopic (exact) mass is 134 g/mol. The second-order valence-corrected chi connectivity index (χ2v) is 1.74. The minimum atomic E-state index is -1.39. The van der Waals surface area contributed by atoms with Gasteiger partial charge in [0.2, 0.25) is 0 Å². The first-order chi connectivity index (χ1) is 4.09. The van der Waals surface area contributed by atoms with Gasteiger partial charge >= 0.3 is 0 Å². The number of hydrogen-bond donors (Lipinski definition) is 4. The van der Waals surface area contributed by atoms with Crippen LogP contribution in [0.15, 0.2) is 12.0 Å². The van der Waals surface area contributed by atoms with Crippen LogP contribution in [0, 0.1) is 0 Å². The lowest BCUT2D eigenvalue weighted by Crippen LogP contribution is -2.24. The highest BCUT2D eigenvalue weighted by molar-refractivity contribution is 4.94. The zero-order chi connectivity index (χ0) is 7.44. The summed E-state index contributed by atoms with van der Waals surface area (Å²) in [6.45, 7) is 1.30. The van der Waals surface area contributed by atoms with Crippen molar-refractivity contribution in [2.24, 2.45) is 0 Å². The van der Waals surface area contributed by atoms with Crippen LogP contribution < -0.4 is 0 Å². The van der Waals surface area contributed by atoms with Gasteiger partial charge in [0.25, 0.3) is 0 Å². The van der Waals surface area contributed by atoms with Crippen molar-refractivity contribution in [1.29, 1.82) is 0 Å². The van der Waals surface area contributed by atoms with Gasteiger partial charge in [0, 0.05) is 0 Å². The van der Waals surface area contributed by atoms with Crippen LogP contribution >= 0.6 is 0 Å². The minimum Gasteiger partial charge on any atom is -0.512 e. The second kappa shape index (κ2) is 3.32. The molecule has 0 bridgehead atoms. The summed E-state index contributed by atoms with van der Waals surface area (Å²) in [5.41, 5.74) is 0. The third-order valence-electron chi connectivity index (χ3n) is 0.892. The fourth-order valence-electron chi connectivity index (χ4n) is 0.323. The molecule has 0 fully saturated rings. The number of aliphatic hydroxyl groups excluding tert-OH is 4. The highest BCUT2D eigenvalue weighted by Crippen LogP contribution is 2.00. The van der Waals surface area contributed by atoms with Gasteiger partial charge in [-0.05, 0) is 6.92 Å². The number of hydrogen-bond acceptors (Lipinski definition) is 4. The molecule has 4 nitrogen and oxygen atoms in total. The van der Waals surface area contributed by atoms with Crippen molar-refractivity contribution >= 4 is 0 Å². The van der Waals surface area contributed by atoms with E-state index in [0.29, 0.717) is 6.26 Å². The zero-order valence-corrected chi connectivity index (χ0v) is 5.02. The molecule has 0 heterocycles. The molecule has 0 aliphatic heterocycles. The van der Waals surface area contributed by atoms with Gasteiger partial charge < -0.3 is 20.4 Å². The highest BCUT2D eigenvalue weighted by Gasteiger charge is 2.14. The van der Waals surface area contributed by atoms with E-state index in [2.05, 4.69) is 0 Å². The Morgan fingerprint density at radius 1 is 1.44 bits per heavy atom. The molecule has 0 radical (unpaired) electrons. The van der Waals surface area contributed by atoms with Gasteiger partial charge in [-0.1, -0.05) is 0 Å². The largest absolute Gasteiger partial charge is 0.512 e. The van der Waals surface area contributed by atoms with Gasteiger partial charge in [-0.25, -0.2) is 0 Å². The van der Waals surface area contributed by atoms with Gasteiger partial charge in [0.15, 0.2) is 5.76 Å². The molecule has 0 rings (SSSR count). The standard InChI is InChI=1S/C5H10O4/c1-3(7)5(9)4(8)2-6/h2-3,5-9H,1H3/b4-2-. The third kappa shape index (κ3) is 2.34. The summed E-state index contributed by atoms with van der Waals surface area (Å²) < 4.78 is 0. The lowest BCUT2D eigenvalue weighted by atomic mass is 10.2. The fourth-order valence-corrected chi connectivity index (χ4v) is 0.323. The lowest BCUT2D eigenvalue weighted by molar-refractivity contribution is 0.0266. The summed E-state index contributed by atoms with van der Waals surface area (Å²) in [4.78, 5) is 0. The van der Waals surface area contributed by atoms with E-state index in [1.165, 1.54) is 6.92 Å². The first-order valence-electron chi connectivity index (χ1n) is 2.49. The van der Waals surface area contributed by atoms with Crippen molar-refractivity contribution in [3.63, 3.8) is 0 Å². The third-order valence-corrected chi connectivity index (χ3v) is 0.892. The molecule has 0 aliphatic carbocycles. The van der Waals surface area contributed by atoms with E-state index in [1.807, 2.05) is 0 Å². The highest BCUT2D eigenvalue weighted by atomic mass is 16.4. The van der Waals surface area contributed by atoms with Crippen LogP contribution in [0.1, 0.15) is 6.92 Å². The predicted molar refractivity (Wildman–Crippen MR) is 31.0 cm³/mol. The Balaban J connectivity index is 3.88. The van der Waals surface area contributed by atoms with E-state index in [4.69, 9.17) is 20.4 Å². The quantitative estimate of drug-likeness (QED) is 0.390. The van der Waals surface area contributed by atoms with Crippen LogP contribution in [0.2, 0.25) is 0 Å². The van der Waals surface area contributed by atoms with Crippen molar-refractivity contribution in [3.8, 4) is 0 Å². The van der Waals surface area contributed by atoms with Gasteiger partial charge in [0.05, 0.1) is 6.10 Å². The first-order valence-corrected chi connectivity index (χ1v) is 2.49. The summed E-state index contributed by atoms with van der Waals surface area (Å²) in [6, 6.07) is 0. The van der Waals surface area contributed by atoms with E-state index in [1.54, 1.807) is 0 Å². The Morgan fingerprint density at radius 3 is 2.00 bits per heavy atom. The Kier molecular flexibility index (Phi) is 3.05. The van der Waals surface area contributed by atoms with Crippen LogP contribution in [0.25, 0.3) is 0 Å². The number of aliphatic hydroxyl groups is 4. The van der Waals surface area contributed by atoms with Gasteiger partial charge in [0.1, 0.15) is 12.4 Å². The summed E-state index contributed by atoms with van der Waals surface area (Å²) in [7, 11) is 0. The fraction of sp³-hybridized carbons (Fsp3) is 0.600. The molecule has 0 saturated heterocycles. The summed E-state index contributed by atoms with van der Waals surface area (Å²) in [5, 5.41) is 33.8. The molecule has 4 heteroatoms. The second-order valence-electron chi connectivity index (χ2n) is 1.74. The smallest absolute Gasteiger partial charge is 0.158 e. The Bertz CT molecular complexity index is 108. The van der Waals surface area contributed by atoms with E-state index < -0.39 is 18.0 Å². The van der Waals surface area contributed by atoms with Crippen LogP contribution in [0.4, 0.5) is 0 Å². The van der Waals surface area contributed by atoms with Crippen molar-refractivity contribution < 1.29 is 20.4 Å². The van der Waals surface area contributed by atoms with Crippen molar-refractivity contribution in [2.45, 2.75) is 19.1 Å². The van der Waals surface area contributed by atoms with Crippen LogP contribution in [0.5, 0.6) is 0 Å². The predicted octanol–water partition coefficient (Wildman–Crippen LogP) is -0.315. The lowest BCUT2D eigenvalue weighted by Gasteiger charge is -2.10. The first kappa shape index (κ1) is 8.26. The molecule has 0 aromatic rings. The van der Waals surface area contributed by atoms with Gasteiger partial charge in [-0.3, -0.25) is 0 Å². The molecule has 0 aliphatic rings. The molecule has 2 atom stereocenters. The SMILES string of the molecule is CC(O)C(O)/C(O)=C/O. The molecule has 4 N–H and O–H groups in total. The zero-order valence-electron chi connectivity index (χ0n) is 5.02. The Labute approximate surface area is 52.7 Å². The van der Waals surface area contributed by atoms with Crippen molar-refractivity contribution in [1.82, 2.24) is 0 Å². The maximum absolute atomic E-state index is 8.67. The Morgan fingerprint density at radius 2 is 1.89 bits per heavy atom. The molecule has 0 spiro atoms. The van der Waals surface area contributed by atoms with Crippen molar-refractivity contribution in [2.75, 3.05) is 0 Å². The molecule has 0 aromatic carbocycles. The van der Waals surface area contributed by atoms with Crippen LogP contribution in [-0.4, -0.2) is 32.6 Å². The normalized spacial score (nSPS) is 19.2. The van der Waals surface area contributed by atoms with Gasteiger partial charge in [-0.2, -0.15) is 0 Å². The van der Waals surface area contributed by atoms with Crippen LogP contribution in [-0.2, 0) is 0 Å². The molecule has 0 saturated carbocycles. The summed E-state index contributed by atoms with van der Waals surface area (Å²) in [5.74, 6) is -0.634. The average Bonchev–Trinajstić information content (AvgIpc) is 1.84. The number of rotatable bonds is 2. The summed E-state index contributed by atoms with van der Waals surface area (Å²) in [6.07, 6.45) is -2.12. The van der Waals surface area contributed by atoms with E-state index in [9.17, 15) is 0 Å². The Hall–Kier alpha value is -0.740. The summed E-state index contributed by atoms with van der Waals surface area (Å²) >= 11 is 0. The molecular weight excluding hydrogens is 124 g/mol. The minimum absolute atomic E-state index is 0.345. The van der Waals surface area contributed by atoms with Gasteiger partial charge in [-0.15, -0.1) is 0 Å². The molecule has 2 unspecified atom stereocenters.